The highest BCUT2D eigenvalue weighted by Gasteiger charge is 2.18. The molecule has 0 rings (SSSR count). The fraction of sp³-hybridized carbons (Fsp3) is 0.947. The Balaban J connectivity index is 0. The first-order valence-corrected chi connectivity index (χ1v) is 8.58. The summed E-state index contributed by atoms with van der Waals surface area (Å²) in [7, 11) is 0. The van der Waals surface area contributed by atoms with E-state index >= 15 is 0 Å². The number of hydrogen-bond donors (Lipinski definition) is 0. The summed E-state index contributed by atoms with van der Waals surface area (Å²) in [6.07, 6.45) is 1.61. The van der Waals surface area contributed by atoms with Gasteiger partial charge in [-0.25, -0.2) is 9.78 Å². The van der Waals surface area contributed by atoms with E-state index in [0.29, 0.717) is 24.4 Å². The van der Waals surface area contributed by atoms with Gasteiger partial charge in [0.25, 0.3) is 0 Å². The Morgan fingerprint density at radius 2 is 1.26 bits per heavy atom. The molecule has 0 aromatic carbocycles. The van der Waals surface area contributed by atoms with Crippen molar-refractivity contribution >= 4 is 5.97 Å². The monoisotopic (exact) mass is 332 g/mol. The summed E-state index contributed by atoms with van der Waals surface area (Å²) >= 11 is 0. The summed E-state index contributed by atoms with van der Waals surface area (Å²) in [6.45, 7) is 22.7. The average molecular weight is 333 g/mol. The summed E-state index contributed by atoms with van der Waals surface area (Å²) in [5.74, 6) is 0.346. The molecule has 1 atom stereocenters. The molecule has 0 spiro atoms. The van der Waals surface area contributed by atoms with E-state index in [1.165, 1.54) is 0 Å². The number of hydrogen-bond acceptors (Lipinski definition) is 4. The standard InChI is InChI=1S/C11H22O2.C8H18O2/c1-6-13-10(12)7-9(2)8-11(3,4)5;1-7(2,3)9-10-8(4,5)6/h9H,6-8H2,1-5H3;1-6H3. The molecule has 0 saturated heterocycles. The van der Waals surface area contributed by atoms with Crippen LogP contribution in [0, 0.1) is 11.3 Å². The Kier molecular flexibility index (Phi) is 11.0. The third kappa shape index (κ3) is 23.8. The van der Waals surface area contributed by atoms with E-state index in [1.807, 2.05) is 48.5 Å². The Bertz CT molecular complexity index is 302. The molecule has 0 aromatic rings. The minimum absolute atomic E-state index is 0.0701. The van der Waals surface area contributed by atoms with Crippen molar-refractivity contribution in [2.75, 3.05) is 6.61 Å². The SMILES string of the molecule is CC(C)(C)OOC(C)(C)C.CCOC(=O)CC(C)CC(C)(C)C. The topological polar surface area (TPSA) is 44.8 Å². The minimum Gasteiger partial charge on any atom is -0.466 e. The number of ether oxygens (including phenoxy) is 1. The Morgan fingerprint density at radius 3 is 1.52 bits per heavy atom. The van der Waals surface area contributed by atoms with Crippen LogP contribution in [-0.2, 0) is 19.3 Å². The van der Waals surface area contributed by atoms with Gasteiger partial charge in [0.05, 0.1) is 17.8 Å². The average Bonchev–Trinajstić information content (AvgIpc) is 2.22. The van der Waals surface area contributed by atoms with E-state index in [4.69, 9.17) is 14.5 Å². The third-order valence-corrected chi connectivity index (χ3v) is 2.32. The number of carbonyl (C=O) groups is 1. The van der Waals surface area contributed by atoms with Gasteiger partial charge in [-0.1, -0.05) is 27.7 Å². The van der Waals surface area contributed by atoms with Gasteiger partial charge in [0.2, 0.25) is 0 Å². The summed E-state index contributed by atoms with van der Waals surface area (Å²) in [6, 6.07) is 0. The predicted octanol–water partition coefficient (Wildman–Crippen LogP) is 5.54. The lowest BCUT2D eigenvalue weighted by atomic mass is 9.84. The molecule has 0 N–H and O–H groups in total. The fourth-order valence-corrected chi connectivity index (χ4v) is 1.87. The zero-order chi connectivity index (χ0) is 18.9. The molecule has 0 aromatic heterocycles. The van der Waals surface area contributed by atoms with Crippen LogP contribution in [0.3, 0.4) is 0 Å². The zero-order valence-corrected chi connectivity index (χ0v) is 17.3. The van der Waals surface area contributed by atoms with E-state index in [9.17, 15) is 4.79 Å². The van der Waals surface area contributed by atoms with Gasteiger partial charge in [-0.15, -0.1) is 0 Å². The highest BCUT2D eigenvalue weighted by Crippen LogP contribution is 2.26. The Morgan fingerprint density at radius 1 is 0.870 bits per heavy atom. The minimum atomic E-state index is -0.215. The van der Waals surface area contributed by atoms with Crippen LogP contribution in [0.5, 0.6) is 0 Å². The van der Waals surface area contributed by atoms with Crippen LogP contribution in [0.25, 0.3) is 0 Å². The second-order valence-electron chi connectivity index (χ2n) is 9.27. The zero-order valence-electron chi connectivity index (χ0n) is 17.3. The second-order valence-corrected chi connectivity index (χ2v) is 9.27. The molecular formula is C19H40O4. The van der Waals surface area contributed by atoms with E-state index in [2.05, 4.69) is 27.7 Å². The molecule has 0 aliphatic heterocycles. The predicted molar refractivity (Wildman–Crippen MR) is 96.2 cm³/mol. The lowest BCUT2D eigenvalue weighted by Gasteiger charge is -2.24. The van der Waals surface area contributed by atoms with Crippen LogP contribution >= 0.6 is 0 Å². The third-order valence-electron chi connectivity index (χ3n) is 2.32. The largest absolute Gasteiger partial charge is 0.466 e. The highest BCUT2D eigenvalue weighted by atomic mass is 17.2. The molecule has 4 nitrogen and oxygen atoms in total. The first-order valence-electron chi connectivity index (χ1n) is 8.58. The van der Waals surface area contributed by atoms with Gasteiger partial charge in [-0.2, -0.15) is 0 Å². The Hall–Kier alpha value is -0.610. The van der Waals surface area contributed by atoms with Gasteiger partial charge in [0, 0.05) is 6.42 Å². The van der Waals surface area contributed by atoms with Gasteiger partial charge in [-0.05, 0) is 66.2 Å². The molecule has 4 heteroatoms. The van der Waals surface area contributed by atoms with Crippen LogP contribution in [0.1, 0.15) is 89.0 Å². The molecular weight excluding hydrogens is 292 g/mol. The smallest absolute Gasteiger partial charge is 0.306 e. The first-order chi connectivity index (χ1) is 10.1. The van der Waals surface area contributed by atoms with Gasteiger partial charge >= 0.3 is 5.97 Å². The van der Waals surface area contributed by atoms with Crippen molar-refractivity contribution in [1.29, 1.82) is 0 Å². The maximum Gasteiger partial charge on any atom is 0.306 e. The molecule has 0 heterocycles. The van der Waals surface area contributed by atoms with Gasteiger partial charge in [0.15, 0.2) is 0 Å². The molecule has 0 aliphatic rings. The van der Waals surface area contributed by atoms with Crippen molar-refractivity contribution in [3.8, 4) is 0 Å². The maximum absolute atomic E-state index is 11.1. The maximum atomic E-state index is 11.1. The van der Waals surface area contributed by atoms with Crippen LogP contribution in [0.4, 0.5) is 0 Å². The van der Waals surface area contributed by atoms with Crippen LogP contribution < -0.4 is 0 Å². The van der Waals surface area contributed by atoms with Crippen LogP contribution in [-0.4, -0.2) is 23.8 Å². The molecule has 0 fully saturated rings. The molecule has 23 heavy (non-hydrogen) atoms. The normalized spacial score (nSPS) is 13.9. The van der Waals surface area contributed by atoms with E-state index in [0.717, 1.165) is 6.42 Å². The van der Waals surface area contributed by atoms with Gasteiger partial charge in [-0.3, -0.25) is 4.79 Å². The molecule has 0 amide bonds. The van der Waals surface area contributed by atoms with Crippen molar-refractivity contribution in [3.05, 3.63) is 0 Å². The first kappa shape index (κ1) is 24.6. The summed E-state index contributed by atoms with van der Waals surface area (Å²) in [5, 5.41) is 0. The molecule has 140 valence electrons. The van der Waals surface area contributed by atoms with E-state index in [-0.39, 0.29) is 17.2 Å². The van der Waals surface area contributed by atoms with Gasteiger partial charge < -0.3 is 4.74 Å². The van der Waals surface area contributed by atoms with Crippen molar-refractivity contribution in [3.63, 3.8) is 0 Å². The van der Waals surface area contributed by atoms with Crippen LogP contribution in [0.2, 0.25) is 0 Å². The summed E-state index contributed by atoms with van der Waals surface area (Å²) < 4.78 is 4.89. The summed E-state index contributed by atoms with van der Waals surface area (Å²) in [4.78, 5) is 21.3. The molecule has 0 saturated carbocycles. The molecule has 1 unspecified atom stereocenters. The van der Waals surface area contributed by atoms with Crippen LogP contribution in [0.15, 0.2) is 0 Å². The summed E-state index contributed by atoms with van der Waals surface area (Å²) in [5.41, 5.74) is -0.132. The number of rotatable bonds is 5. The number of esters is 1. The Labute approximate surface area is 144 Å². The van der Waals surface area contributed by atoms with Crippen molar-refractivity contribution < 1.29 is 19.3 Å². The lowest BCUT2D eigenvalue weighted by Crippen LogP contribution is -2.27. The molecule has 0 aliphatic carbocycles. The van der Waals surface area contributed by atoms with E-state index in [1.54, 1.807) is 0 Å². The van der Waals surface area contributed by atoms with E-state index < -0.39 is 0 Å². The van der Waals surface area contributed by atoms with Crippen molar-refractivity contribution in [2.24, 2.45) is 11.3 Å². The quantitative estimate of drug-likeness (QED) is 0.376. The lowest BCUT2D eigenvalue weighted by molar-refractivity contribution is -0.393. The fourth-order valence-electron chi connectivity index (χ4n) is 1.87. The number of carbonyl (C=O) groups excluding carboxylic acids is 1. The molecule has 0 radical (unpaired) electrons. The van der Waals surface area contributed by atoms with Crippen molar-refractivity contribution in [1.82, 2.24) is 0 Å². The highest BCUT2D eigenvalue weighted by molar-refractivity contribution is 5.69. The van der Waals surface area contributed by atoms with Crippen molar-refractivity contribution in [2.45, 2.75) is 100 Å². The molecule has 0 bridgehead atoms. The van der Waals surface area contributed by atoms with Gasteiger partial charge in [0.1, 0.15) is 0 Å². The second kappa shape index (κ2) is 10.3.